The van der Waals surface area contributed by atoms with Crippen LogP contribution >= 0.6 is 11.3 Å². The molecule has 0 saturated carbocycles. The average Bonchev–Trinajstić information content (AvgIpc) is 3.14. The number of thiophene rings is 1. The fourth-order valence-electron chi connectivity index (χ4n) is 3.01. The zero-order chi connectivity index (χ0) is 17.2. The minimum absolute atomic E-state index is 0.0422. The minimum Gasteiger partial charge on any atom is -0.466 e. The molecule has 0 aromatic carbocycles. The van der Waals surface area contributed by atoms with Crippen molar-refractivity contribution in [3.8, 4) is 5.88 Å². The number of fused-ring (bicyclic) bond motifs is 1. The van der Waals surface area contributed by atoms with Gasteiger partial charge in [-0.2, -0.15) is 0 Å². The summed E-state index contributed by atoms with van der Waals surface area (Å²) < 4.78 is 5.23. The first kappa shape index (κ1) is 16.0. The lowest BCUT2D eigenvalue weighted by Crippen LogP contribution is -2.48. The van der Waals surface area contributed by atoms with Gasteiger partial charge in [0, 0.05) is 43.8 Å². The monoisotopic (exact) mass is 358 g/mol. The number of nitrogens with one attached hydrogen (secondary N) is 1. The van der Waals surface area contributed by atoms with E-state index in [1.54, 1.807) is 17.4 Å². The largest absolute Gasteiger partial charge is 0.466 e. The summed E-state index contributed by atoms with van der Waals surface area (Å²) in [4.78, 5) is 33.8. The lowest BCUT2D eigenvalue weighted by molar-refractivity contribution is -0.118. The van der Waals surface area contributed by atoms with Gasteiger partial charge in [0.15, 0.2) is 6.61 Å². The first-order valence-corrected chi connectivity index (χ1v) is 9.04. The maximum Gasteiger partial charge on any atom is 0.262 e. The van der Waals surface area contributed by atoms with E-state index >= 15 is 0 Å². The molecule has 2 aliphatic heterocycles. The number of nitrogens with zero attached hydrogens (tertiary/aromatic N) is 3. The van der Waals surface area contributed by atoms with Crippen LogP contribution < -0.4 is 10.1 Å². The van der Waals surface area contributed by atoms with E-state index in [2.05, 4.69) is 32.7 Å². The highest BCUT2D eigenvalue weighted by molar-refractivity contribution is 7.09. The van der Waals surface area contributed by atoms with Gasteiger partial charge in [0.05, 0.1) is 5.56 Å². The molecule has 2 aromatic rings. The van der Waals surface area contributed by atoms with Crippen molar-refractivity contribution in [1.82, 2.24) is 14.8 Å². The number of pyridine rings is 1. The van der Waals surface area contributed by atoms with Gasteiger partial charge >= 0.3 is 0 Å². The van der Waals surface area contributed by atoms with Crippen molar-refractivity contribution in [2.45, 2.75) is 6.54 Å². The molecule has 0 bridgehead atoms. The molecule has 4 heterocycles. The van der Waals surface area contributed by atoms with E-state index in [1.807, 2.05) is 4.90 Å². The van der Waals surface area contributed by atoms with Crippen molar-refractivity contribution < 1.29 is 14.3 Å². The summed E-state index contributed by atoms with van der Waals surface area (Å²) in [7, 11) is 0. The van der Waals surface area contributed by atoms with E-state index in [9.17, 15) is 9.59 Å². The van der Waals surface area contributed by atoms with Crippen LogP contribution in [-0.2, 0) is 11.3 Å². The molecule has 0 spiro atoms. The molecule has 4 rings (SSSR count). The van der Waals surface area contributed by atoms with Gasteiger partial charge in [0.1, 0.15) is 5.69 Å². The van der Waals surface area contributed by atoms with Crippen molar-refractivity contribution in [2.75, 3.05) is 38.1 Å². The van der Waals surface area contributed by atoms with Gasteiger partial charge in [-0.15, -0.1) is 11.3 Å². The molecule has 2 aromatic heterocycles. The van der Waals surface area contributed by atoms with Crippen molar-refractivity contribution >= 4 is 28.8 Å². The third-order valence-electron chi connectivity index (χ3n) is 4.33. The van der Waals surface area contributed by atoms with Gasteiger partial charge < -0.3 is 15.0 Å². The highest BCUT2D eigenvalue weighted by Crippen LogP contribution is 2.26. The fourth-order valence-corrected chi connectivity index (χ4v) is 3.75. The third kappa shape index (κ3) is 3.49. The van der Waals surface area contributed by atoms with Crippen molar-refractivity contribution in [1.29, 1.82) is 0 Å². The van der Waals surface area contributed by atoms with Crippen LogP contribution in [0, 0.1) is 0 Å². The zero-order valence-electron chi connectivity index (χ0n) is 13.6. The molecule has 25 heavy (non-hydrogen) atoms. The van der Waals surface area contributed by atoms with Crippen LogP contribution in [-0.4, -0.2) is 59.4 Å². The van der Waals surface area contributed by atoms with Gasteiger partial charge in [-0.1, -0.05) is 6.07 Å². The highest BCUT2D eigenvalue weighted by Gasteiger charge is 2.25. The lowest BCUT2D eigenvalue weighted by atomic mass is 10.2. The summed E-state index contributed by atoms with van der Waals surface area (Å²) in [5.74, 6) is 0.0592. The maximum absolute atomic E-state index is 12.7. The van der Waals surface area contributed by atoms with Crippen LogP contribution in [0.2, 0.25) is 0 Å². The van der Waals surface area contributed by atoms with E-state index in [0.29, 0.717) is 30.2 Å². The second kappa shape index (κ2) is 6.81. The molecule has 7 nitrogen and oxygen atoms in total. The van der Waals surface area contributed by atoms with E-state index in [-0.39, 0.29) is 18.4 Å². The quantitative estimate of drug-likeness (QED) is 0.898. The smallest absolute Gasteiger partial charge is 0.262 e. The van der Waals surface area contributed by atoms with Crippen LogP contribution in [0.1, 0.15) is 15.2 Å². The summed E-state index contributed by atoms with van der Waals surface area (Å²) >= 11 is 1.76. The number of hydrogen-bond acceptors (Lipinski definition) is 6. The van der Waals surface area contributed by atoms with E-state index in [0.717, 1.165) is 19.6 Å². The molecule has 1 saturated heterocycles. The van der Waals surface area contributed by atoms with Crippen molar-refractivity contribution in [3.63, 3.8) is 0 Å². The summed E-state index contributed by atoms with van der Waals surface area (Å²) in [5, 5.41) is 4.77. The molecule has 0 radical (unpaired) electrons. The number of ether oxygens (including phenoxy) is 1. The molecular weight excluding hydrogens is 340 g/mol. The molecule has 8 heteroatoms. The molecule has 2 amide bonds. The Kier molecular flexibility index (Phi) is 4.37. The first-order valence-electron chi connectivity index (χ1n) is 8.16. The second-order valence-electron chi connectivity index (χ2n) is 6.06. The number of piperazine rings is 1. The Balaban J connectivity index is 1.39. The molecule has 0 atom stereocenters. The fraction of sp³-hybridized carbons (Fsp3) is 0.353. The van der Waals surface area contributed by atoms with Gasteiger partial charge in [-0.25, -0.2) is 4.98 Å². The maximum atomic E-state index is 12.7. The highest BCUT2D eigenvalue weighted by atomic mass is 32.1. The standard InChI is InChI=1S/C17H18N4O3S/c22-15-11-24-16-14(19-15)8-12(9-18-16)17(23)21-5-3-20(4-6-21)10-13-2-1-7-25-13/h1-2,7-9H,3-6,10-11H2,(H,19,22). The van der Waals surface area contributed by atoms with Gasteiger partial charge in [0.2, 0.25) is 5.88 Å². The molecule has 1 fully saturated rings. The number of aromatic nitrogens is 1. The van der Waals surface area contributed by atoms with E-state index in [1.165, 1.54) is 11.1 Å². The van der Waals surface area contributed by atoms with Gasteiger partial charge in [-0.05, 0) is 17.5 Å². The molecule has 0 aliphatic carbocycles. The number of anilines is 1. The van der Waals surface area contributed by atoms with Crippen LogP contribution in [0.5, 0.6) is 5.88 Å². The molecule has 2 aliphatic rings. The third-order valence-corrected chi connectivity index (χ3v) is 5.19. The van der Waals surface area contributed by atoms with E-state index < -0.39 is 0 Å². The number of carbonyl (C=O) groups is 2. The predicted molar refractivity (Wildman–Crippen MR) is 93.9 cm³/mol. The Morgan fingerprint density at radius 1 is 1.32 bits per heavy atom. The van der Waals surface area contributed by atoms with Crippen LogP contribution in [0.15, 0.2) is 29.8 Å². The normalized spacial score (nSPS) is 17.6. The van der Waals surface area contributed by atoms with Crippen LogP contribution in [0.4, 0.5) is 5.69 Å². The zero-order valence-corrected chi connectivity index (χ0v) is 14.4. The lowest BCUT2D eigenvalue weighted by Gasteiger charge is -2.34. The Morgan fingerprint density at radius 2 is 2.16 bits per heavy atom. The van der Waals surface area contributed by atoms with Crippen LogP contribution in [0.3, 0.4) is 0 Å². The van der Waals surface area contributed by atoms with Crippen molar-refractivity contribution in [2.24, 2.45) is 0 Å². The first-order chi connectivity index (χ1) is 12.2. The van der Waals surface area contributed by atoms with Gasteiger partial charge in [-0.3, -0.25) is 14.5 Å². The van der Waals surface area contributed by atoms with Gasteiger partial charge in [0.25, 0.3) is 11.8 Å². The number of amides is 2. The van der Waals surface area contributed by atoms with Crippen molar-refractivity contribution in [3.05, 3.63) is 40.2 Å². The number of rotatable bonds is 3. The second-order valence-corrected chi connectivity index (χ2v) is 7.09. The molecule has 130 valence electrons. The summed E-state index contributed by atoms with van der Waals surface area (Å²) in [6.45, 7) is 3.96. The Hall–Kier alpha value is -2.45. The average molecular weight is 358 g/mol. The molecular formula is C17H18N4O3S. The summed E-state index contributed by atoms with van der Waals surface area (Å²) in [5.41, 5.74) is 0.926. The SMILES string of the molecule is O=C1COc2ncc(C(=O)N3CCN(Cc4cccs4)CC3)cc2N1. The van der Waals surface area contributed by atoms with Crippen LogP contribution in [0.25, 0.3) is 0 Å². The Labute approximate surface area is 149 Å². The number of hydrogen-bond donors (Lipinski definition) is 1. The minimum atomic E-state index is -0.235. The molecule has 0 unspecified atom stereocenters. The van der Waals surface area contributed by atoms with E-state index in [4.69, 9.17) is 4.74 Å². The predicted octanol–water partition coefficient (Wildman–Crippen LogP) is 1.43. The Bertz CT molecular complexity index is 785. The number of carbonyl (C=O) groups excluding carboxylic acids is 2. The molecule has 1 N–H and O–H groups in total. The topological polar surface area (TPSA) is 74.8 Å². The Morgan fingerprint density at radius 3 is 2.92 bits per heavy atom. The summed E-state index contributed by atoms with van der Waals surface area (Å²) in [6, 6.07) is 5.84. The summed E-state index contributed by atoms with van der Waals surface area (Å²) in [6.07, 6.45) is 1.51.